The Morgan fingerprint density at radius 2 is 1.90 bits per heavy atom. The second kappa shape index (κ2) is 7.14. The highest BCUT2D eigenvalue weighted by atomic mass is 19.1. The van der Waals surface area contributed by atoms with Gasteiger partial charge in [0.05, 0.1) is 5.71 Å². The summed E-state index contributed by atoms with van der Waals surface area (Å²) in [7, 11) is 0. The monoisotopic (exact) mass is 277 g/mol. The molecule has 0 saturated carbocycles. The highest BCUT2D eigenvalue weighted by molar-refractivity contribution is 6.02. The van der Waals surface area contributed by atoms with E-state index in [-0.39, 0.29) is 11.7 Å². The normalized spacial score (nSPS) is 17.0. The Labute approximate surface area is 118 Å². The fourth-order valence-corrected chi connectivity index (χ4v) is 2.31. The van der Waals surface area contributed by atoms with Crippen molar-refractivity contribution >= 4 is 11.6 Å². The van der Waals surface area contributed by atoms with Crippen molar-refractivity contribution < 1.29 is 9.18 Å². The van der Waals surface area contributed by atoms with Gasteiger partial charge in [0.1, 0.15) is 5.82 Å². The Balaban J connectivity index is 2.13. The third-order valence-corrected chi connectivity index (χ3v) is 3.35. The Kier molecular flexibility index (Phi) is 5.24. The molecule has 1 aromatic carbocycles. The van der Waals surface area contributed by atoms with Crippen molar-refractivity contribution in [2.75, 3.05) is 19.6 Å². The van der Waals surface area contributed by atoms with Crippen molar-refractivity contribution in [3.63, 3.8) is 0 Å². The number of carbonyl (C=O) groups is 1. The summed E-state index contributed by atoms with van der Waals surface area (Å²) in [6, 6.07) is 6.21. The molecule has 1 aliphatic rings. The minimum Gasteiger partial charge on any atom is -0.297 e. The van der Waals surface area contributed by atoms with Gasteiger partial charge in [-0.15, -0.1) is 0 Å². The molecule has 0 aromatic heterocycles. The maximum absolute atomic E-state index is 13.0. The summed E-state index contributed by atoms with van der Waals surface area (Å²) in [5.74, 6) is -0.478. The van der Waals surface area contributed by atoms with Gasteiger partial charge >= 0.3 is 0 Å². The molecule has 1 aliphatic heterocycles. The van der Waals surface area contributed by atoms with Gasteiger partial charge in [-0.25, -0.2) is 9.82 Å². The van der Waals surface area contributed by atoms with Crippen LogP contribution in [0.4, 0.5) is 4.39 Å². The van der Waals surface area contributed by atoms with Crippen molar-refractivity contribution in [2.45, 2.75) is 26.2 Å². The van der Waals surface area contributed by atoms with Crippen LogP contribution < -0.4 is 5.43 Å². The molecule has 20 heavy (non-hydrogen) atoms. The van der Waals surface area contributed by atoms with Crippen molar-refractivity contribution in [3.8, 4) is 0 Å². The third-order valence-electron chi connectivity index (χ3n) is 3.35. The highest BCUT2D eigenvalue weighted by Gasteiger charge is 2.14. The number of carbonyl (C=O) groups excluding carboxylic acids is 1. The molecule has 1 aromatic rings. The third kappa shape index (κ3) is 4.42. The molecule has 2 rings (SSSR count). The zero-order valence-electron chi connectivity index (χ0n) is 11.7. The van der Waals surface area contributed by atoms with E-state index in [0.29, 0.717) is 6.54 Å². The lowest BCUT2D eigenvalue weighted by Crippen LogP contribution is -2.35. The fraction of sp³-hybridized carbons (Fsp3) is 0.467. The molecule has 0 atom stereocenters. The Hall–Kier alpha value is -1.75. The van der Waals surface area contributed by atoms with Crippen LogP contribution in [0.2, 0.25) is 0 Å². The summed E-state index contributed by atoms with van der Waals surface area (Å²) in [5, 5.41) is 4.17. The number of halogens is 1. The maximum atomic E-state index is 13.0. The van der Waals surface area contributed by atoms with Crippen LogP contribution in [-0.2, 0) is 4.79 Å². The van der Waals surface area contributed by atoms with Crippen LogP contribution in [0.15, 0.2) is 29.4 Å². The molecule has 0 aliphatic carbocycles. The van der Waals surface area contributed by atoms with Gasteiger partial charge in [0.2, 0.25) is 5.91 Å². The average molecular weight is 277 g/mol. The van der Waals surface area contributed by atoms with E-state index in [1.807, 2.05) is 0 Å². The smallest absolute Gasteiger partial charge is 0.236 e. The van der Waals surface area contributed by atoms with Gasteiger partial charge in [0.25, 0.3) is 0 Å². The Bertz CT molecular complexity index is 478. The first kappa shape index (κ1) is 14.7. The molecule has 0 radical (unpaired) electrons. The van der Waals surface area contributed by atoms with E-state index in [0.717, 1.165) is 24.4 Å². The van der Waals surface area contributed by atoms with Gasteiger partial charge in [-0.2, -0.15) is 5.10 Å². The second-order valence-corrected chi connectivity index (χ2v) is 5.07. The first-order valence-electron chi connectivity index (χ1n) is 6.96. The molecule has 108 valence electrons. The number of benzene rings is 1. The van der Waals surface area contributed by atoms with Crippen LogP contribution in [0.1, 0.15) is 31.7 Å². The first-order chi connectivity index (χ1) is 9.65. The minimum atomic E-state index is -0.273. The van der Waals surface area contributed by atoms with Crippen molar-refractivity contribution in [1.82, 2.24) is 10.3 Å². The molecule has 5 heteroatoms. The summed E-state index contributed by atoms with van der Waals surface area (Å²) in [4.78, 5) is 13.3. The zero-order valence-corrected chi connectivity index (χ0v) is 11.7. The van der Waals surface area contributed by atoms with E-state index in [2.05, 4.69) is 15.4 Å². The van der Waals surface area contributed by atoms with E-state index in [4.69, 9.17) is 0 Å². The molecule has 0 unspecified atom stereocenters. The Morgan fingerprint density at radius 1 is 1.25 bits per heavy atom. The van der Waals surface area contributed by atoms with Gasteiger partial charge in [0.15, 0.2) is 0 Å². The summed E-state index contributed by atoms with van der Waals surface area (Å²) >= 11 is 0. The number of rotatable bonds is 4. The van der Waals surface area contributed by atoms with Gasteiger partial charge in [0, 0.05) is 13.5 Å². The van der Waals surface area contributed by atoms with Crippen LogP contribution in [0.3, 0.4) is 0 Å². The summed E-state index contributed by atoms with van der Waals surface area (Å²) < 4.78 is 13.0. The molecular formula is C15H20FN3O. The topological polar surface area (TPSA) is 44.7 Å². The van der Waals surface area contributed by atoms with Crippen molar-refractivity contribution in [3.05, 3.63) is 35.6 Å². The summed E-state index contributed by atoms with van der Waals surface area (Å²) in [6.45, 7) is 4.18. The minimum absolute atomic E-state index is 0.205. The second-order valence-electron chi connectivity index (χ2n) is 5.07. The van der Waals surface area contributed by atoms with Gasteiger partial charge in [-0.3, -0.25) is 9.69 Å². The predicted octanol–water partition coefficient (Wildman–Crippen LogP) is 2.15. The van der Waals surface area contributed by atoms with Crippen LogP contribution in [0, 0.1) is 5.82 Å². The van der Waals surface area contributed by atoms with Crippen LogP contribution >= 0.6 is 0 Å². The maximum Gasteiger partial charge on any atom is 0.236 e. The molecule has 1 saturated heterocycles. The van der Waals surface area contributed by atoms with E-state index >= 15 is 0 Å². The summed E-state index contributed by atoms with van der Waals surface area (Å²) in [6.07, 6.45) is 3.65. The molecular weight excluding hydrogens is 257 g/mol. The standard InChI is InChI=1S/C15H20FN3O/c1-12(20)17-18-15(11-19-9-3-2-4-10-19)13-5-7-14(16)8-6-13/h5-8H,2-4,9-11H2,1H3,(H,17,20)/b18-15-. The number of hydrazone groups is 1. The SMILES string of the molecule is CC(=O)N/N=C(/CN1CCCCC1)c1ccc(F)cc1. The van der Waals surface area contributed by atoms with Crippen LogP contribution in [0.25, 0.3) is 0 Å². The largest absolute Gasteiger partial charge is 0.297 e. The van der Waals surface area contributed by atoms with E-state index < -0.39 is 0 Å². The number of piperidine rings is 1. The molecule has 4 nitrogen and oxygen atoms in total. The Morgan fingerprint density at radius 3 is 2.50 bits per heavy atom. The number of likely N-dealkylation sites (tertiary alicyclic amines) is 1. The lowest BCUT2D eigenvalue weighted by molar-refractivity contribution is -0.118. The molecule has 1 N–H and O–H groups in total. The zero-order chi connectivity index (χ0) is 14.4. The lowest BCUT2D eigenvalue weighted by atomic mass is 10.1. The first-order valence-corrected chi connectivity index (χ1v) is 6.96. The number of hydrogen-bond acceptors (Lipinski definition) is 3. The van der Waals surface area contributed by atoms with Crippen LogP contribution in [-0.4, -0.2) is 36.2 Å². The lowest BCUT2D eigenvalue weighted by Gasteiger charge is -2.26. The van der Waals surface area contributed by atoms with Gasteiger partial charge in [-0.1, -0.05) is 18.6 Å². The summed E-state index contributed by atoms with van der Waals surface area (Å²) in [5.41, 5.74) is 4.08. The number of hydrogen-bond donors (Lipinski definition) is 1. The molecule has 1 fully saturated rings. The van der Waals surface area contributed by atoms with E-state index in [9.17, 15) is 9.18 Å². The molecule has 0 spiro atoms. The molecule has 0 bridgehead atoms. The molecule has 1 amide bonds. The van der Waals surface area contributed by atoms with E-state index in [1.54, 1.807) is 12.1 Å². The fourth-order valence-electron chi connectivity index (χ4n) is 2.31. The quantitative estimate of drug-likeness (QED) is 0.677. The number of nitrogens with zero attached hydrogens (tertiary/aromatic N) is 2. The van der Waals surface area contributed by atoms with Crippen molar-refractivity contribution in [1.29, 1.82) is 0 Å². The predicted molar refractivity (Wildman–Crippen MR) is 77.0 cm³/mol. The molecule has 1 heterocycles. The highest BCUT2D eigenvalue weighted by Crippen LogP contribution is 2.11. The van der Waals surface area contributed by atoms with E-state index in [1.165, 1.54) is 38.3 Å². The van der Waals surface area contributed by atoms with Crippen molar-refractivity contribution in [2.24, 2.45) is 5.10 Å². The number of amides is 1. The van der Waals surface area contributed by atoms with Gasteiger partial charge < -0.3 is 0 Å². The number of nitrogens with one attached hydrogen (secondary N) is 1. The van der Waals surface area contributed by atoms with Crippen LogP contribution in [0.5, 0.6) is 0 Å². The average Bonchev–Trinajstić information content (AvgIpc) is 2.45. The van der Waals surface area contributed by atoms with Gasteiger partial charge in [-0.05, 0) is 43.6 Å².